The van der Waals surface area contributed by atoms with Crippen LogP contribution in [0.25, 0.3) is 0 Å². The standard InChI is InChI=1S/C17H14N2O4S/c1-2-22-17-9-14(11-19)6-7-16(17)23-24(20,21)12-15-5-3-4-13(8-15)10-18/h3-9H,2,12H2,1H3. The predicted molar refractivity (Wildman–Crippen MR) is 86.7 cm³/mol. The summed E-state index contributed by atoms with van der Waals surface area (Å²) >= 11 is 0. The summed E-state index contributed by atoms with van der Waals surface area (Å²) in [5.41, 5.74) is 1.15. The number of rotatable bonds is 6. The Bertz CT molecular complexity index is 924. The SMILES string of the molecule is CCOc1cc(C#N)ccc1OS(=O)(=O)Cc1cccc(C#N)c1. The van der Waals surface area contributed by atoms with Gasteiger partial charge in [-0.1, -0.05) is 12.1 Å². The molecule has 0 aliphatic heterocycles. The van der Waals surface area contributed by atoms with E-state index < -0.39 is 10.1 Å². The molecule has 24 heavy (non-hydrogen) atoms. The van der Waals surface area contributed by atoms with Crippen molar-refractivity contribution in [3.8, 4) is 23.6 Å². The average Bonchev–Trinajstić information content (AvgIpc) is 2.56. The third-order valence-electron chi connectivity index (χ3n) is 2.99. The first-order chi connectivity index (χ1) is 11.5. The Hall–Kier alpha value is -3.03. The highest BCUT2D eigenvalue weighted by Crippen LogP contribution is 2.30. The number of hydrogen-bond acceptors (Lipinski definition) is 6. The highest BCUT2D eigenvalue weighted by molar-refractivity contribution is 7.86. The Labute approximate surface area is 140 Å². The van der Waals surface area contributed by atoms with Crippen LogP contribution in [0.15, 0.2) is 42.5 Å². The molecule has 0 heterocycles. The normalized spacial score (nSPS) is 10.5. The number of nitriles is 2. The number of hydrogen-bond donors (Lipinski definition) is 0. The molecule has 2 rings (SSSR count). The van der Waals surface area contributed by atoms with Gasteiger partial charge in [0.1, 0.15) is 5.75 Å². The molecule has 0 aliphatic rings. The van der Waals surface area contributed by atoms with E-state index in [4.69, 9.17) is 19.4 Å². The van der Waals surface area contributed by atoms with Crippen LogP contribution >= 0.6 is 0 Å². The van der Waals surface area contributed by atoms with Gasteiger partial charge in [0.05, 0.1) is 29.9 Å². The van der Waals surface area contributed by atoms with Crippen molar-refractivity contribution in [3.05, 3.63) is 59.2 Å². The summed E-state index contributed by atoms with van der Waals surface area (Å²) in [6.45, 7) is 2.04. The second-order valence-corrected chi connectivity index (χ2v) is 6.37. The highest BCUT2D eigenvalue weighted by Gasteiger charge is 2.18. The van der Waals surface area contributed by atoms with Crippen molar-refractivity contribution in [2.75, 3.05) is 6.61 Å². The van der Waals surface area contributed by atoms with Gasteiger partial charge in [0, 0.05) is 6.07 Å². The molecule has 122 valence electrons. The maximum Gasteiger partial charge on any atom is 0.313 e. The minimum Gasteiger partial charge on any atom is -0.490 e. The van der Waals surface area contributed by atoms with E-state index in [0.717, 1.165) is 0 Å². The second-order valence-electron chi connectivity index (χ2n) is 4.80. The van der Waals surface area contributed by atoms with E-state index in [0.29, 0.717) is 23.3 Å². The Morgan fingerprint density at radius 1 is 1.00 bits per heavy atom. The zero-order valence-corrected chi connectivity index (χ0v) is 13.7. The maximum atomic E-state index is 12.3. The molecule has 0 radical (unpaired) electrons. The monoisotopic (exact) mass is 342 g/mol. The van der Waals surface area contributed by atoms with Crippen molar-refractivity contribution in [2.24, 2.45) is 0 Å². The van der Waals surface area contributed by atoms with Gasteiger partial charge in [0.25, 0.3) is 0 Å². The molecule has 0 atom stereocenters. The van der Waals surface area contributed by atoms with Crippen molar-refractivity contribution in [1.82, 2.24) is 0 Å². The van der Waals surface area contributed by atoms with Crippen LogP contribution in [0, 0.1) is 22.7 Å². The Balaban J connectivity index is 2.26. The maximum absolute atomic E-state index is 12.3. The molecule has 0 saturated heterocycles. The summed E-state index contributed by atoms with van der Waals surface area (Å²) in [7, 11) is -3.95. The topological polar surface area (TPSA) is 100 Å². The summed E-state index contributed by atoms with van der Waals surface area (Å²) < 4.78 is 35.0. The molecule has 0 aromatic heterocycles. The fourth-order valence-corrected chi connectivity index (χ4v) is 3.07. The number of benzene rings is 2. The fraction of sp³-hybridized carbons (Fsp3) is 0.176. The lowest BCUT2D eigenvalue weighted by atomic mass is 10.2. The first-order valence-corrected chi connectivity index (χ1v) is 8.63. The Morgan fingerprint density at radius 3 is 2.38 bits per heavy atom. The third kappa shape index (κ3) is 4.48. The summed E-state index contributed by atoms with van der Waals surface area (Å²) in [5, 5.41) is 17.8. The lowest BCUT2D eigenvalue weighted by Gasteiger charge is -2.12. The highest BCUT2D eigenvalue weighted by atomic mass is 32.2. The van der Waals surface area contributed by atoms with Crippen LogP contribution in [-0.4, -0.2) is 15.0 Å². The van der Waals surface area contributed by atoms with Gasteiger partial charge in [-0.3, -0.25) is 0 Å². The smallest absolute Gasteiger partial charge is 0.313 e. The molecule has 2 aromatic rings. The van der Waals surface area contributed by atoms with Crippen LogP contribution in [-0.2, 0) is 15.9 Å². The second kappa shape index (κ2) is 7.49. The molecule has 0 saturated carbocycles. The van der Waals surface area contributed by atoms with Crippen LogP contribution in [0.2, 0.25) is 0 Å². The Morgan fingerprint density at radius 2 is 1.71 bits per heavy atom. The third-order valence-corrected chi connectivity index (χ3v) is 4.11. The van der Waals surface area contributed by atoms with Gasteiger partial charge in [-0.25, -0.2) is 0 Å². The van der Waals surface area contributed by atoms with E-state index in [-0.39, 0.29) is 17.3 Å². The fourth-order valence-electron chi connectivity index (χ4n) is 2.02. The van der Waals surface area contributed by atoms with E-state index >= 15 is 0 Å². The molecule has 0 bridgehead atoms. The van der Waals surface area contributed by atoms with Crippen LogP contribution < -0.4 is 8.92 Å². The van der Waals surface area contributed by atoms with E-state index in [1.807, 2.05) is 12.1 Å². The van der Waals surface area contributed by atoms with Crippen LogP contribution in [0.3, 0.4) is 0 Å². The molecule has 0 amide bonds. The lowest BCUT2D eigenvalue weighted by Crippen LogP contribution is -2.13. The molecule has 0 unspecified atom stereocenters. The van der Waals surface area contributed by atoms with Gasteiger partial charge in [-0.2, -0.15) is 18.9 Å². The largest absolute Gasteiger partial charge is 0.490 e. The zero-order chi connectivity index (χ0) is 17.6. The van der Waals surface area contributed by atoms with Crippen LogP contribution in [0.1, 0.15) is 23.6 Å². The quantitative estimate of drug-likeness (QED) is 0.748. The van der Waals surface area contributed by atoms with Gasteiger partial charge < -0.3 is 8.92 Å². The minimum absolute atomic E-state index is 0.0206. The van der Waals surface area contributed by atoms with Crippen molar-refractivity contribution in [3.63, 3.8) is 0 Å². The van der Waals surface area contributed by atoms with Gasteiger partial charge in [0.2, 0.25) is 0 Å². The van der Waals surface area contributed by atoms with E-state index in [1.54, 1.807) is 25.1 Å². The van der Waals surface area contributed by atoms with E-state index in [9.17, 15) is 8.42 Å². The van der Waals surface area contributed by atoms with Crippen molar-refractivity contribution in [1.29, 1.82) is 10.5 Å². The number of ether oxygens (including phenoxy) is 1. The molecule has 0 aliphatic carbocycles. The predicted octanol–water partition coefficient (Wildman–Crippen LogP) is 2.74. The Kier molecular flexibility index (Phi) is 5.41. The molecule has 7 heteroatoms. The summed E-state index contributed by atoms with van der Waals surface area (Å²) in [6.07, 6.45) is 0. The molecule has 0 fully saturated rings. The van der Waals surface area contributed by atoms with Crippen LogP contribution in [0.4, 0.5) is 0 Å². The lowest BCUT2D eigenvalue weighted by molar-refractivity contribution is 0.327. The molecule has 0 spiro atoms. The number of nitrogens with zero attached hydrogens (tertiary/aromatic N) is 2. The van der Waals surface area contributed by atoms with Gasteiger partial charge in [-0.15, -0.1) is 0 Å². The molecule has 6 nitrogen and oxygen atoms in total. The van der Waals surface area contributed by atoms with Gasteiger partial charge >= 0.3 is 10.1 Å². The summed E-state index contributed by atoms with van der Waals surface area (Å²) in [5.74, 6) is -0.174. The van der Waals surface area contributed by atoms with E-state index in [1.165, 1.54) is 24.3 Å². The van der Waals surface area contributed by atoms with Crippen molar-refractivity contribution >= 4 is 10.1 Å². The summed E-state index contributed by atoms with van der Waals surface area (Å²) in [6, 6.07) is 14.4. The zero-order valence-electron chi connectivity index (χ0n) is 12.9. The van der Waals surface area contributed by atoms with Gasteiger partial charge in [0.15, 0.2) is 11.5 Å². The van der Waals surface area contributed by atoms with Gasteiger partial charge in [-0.05, 0) is 36.8 Å². The van der Waals surface area contributed by atoms with Crippen molar-refractivity contribution < 1.29 is 17.3 Å². The first kappa shape index (κ1) is 17.3. The minimum atomic E-state index is -3.95. The first-order valence-electron chi connectivity index (χ1n) is 7.05. The summed E-state index contributed by atoms with van der Waals surface area (Å²) in [4.78, 5) is 0. The average molecular weight is 342 g/mol. The van der Waals surface area contributed by atoms with E-state index in [2.05, 4.69) is 0 Å². The molecule has 2 aromatic carbocycles. The van der Waals surface area contributed by atoms with Crippen LogP contribution in [0.5, 0.6) is 11.5 Å². The van der Waals surface area contributed by atoms with Crippen molar-refractivity contribution in [2.45, 2.75) is 12.7 Å². The molecular formula is C17H14N2O4S. The molecule has 0 N–H and O–H groups in total. The molecular weight excluding hydrogens is 328 g/mol.